The van der Waals surface area contributed by atoms with Crippen molar-refractivity contribution < 1.29 is 4.74 Å². The highest BCUT2D eigenvalue weighted by Crippen LogP contribution is 2.43. The lowest BCUT2D eigenvalue weighted by molar-refractivity contribution is 0.230. The van der Waals surface area contributed by atoms with E-state index in [1.54, 1.807) is 12.4 Å². The SMILES string of the molecule is CC(C)Oc1cncc(N2CC(N)(C3CC3)C2)n1. The smallest absolute Gasteiger partial charge is 0.234 e. The summed E-state index contributed by atoms with van der Waals surface area (Å²) >= 11 is 0. The van der Waals surface area contributed by atoms with Gasteiger partial charge in [-0.1, -0.05) is 0 Å². The van der Waals surface area contributed by atoms with Gasteiger partial charge in [-0.25, -0.2) is 0 Å². The van der Waals surface area contributed by atoms with Crippen LogP contribution in [0.4, 0.5) is 5.82 Å². The fraction of sp³-hybridized carbons (Fsp3) is 0.692. The number of nitrogens with zero attached hydrogens (tertiary/aromatic N) is 3. The van der Waals surface area contributed by atoms with Gasteiger partial charge in [0.1, 0.15) is 0 Å². The zero-order chi connectivity index (χ0) is 12.8. The second-order valence-corrected chi connectivity index (χ2v) is 5.75. The standard InChI is InChI=1S/C13H20N4O/c1-9(2)18-12-6-15-5-11(16-12)17-7-13(14,8-17)10-3-4-10/h5-6,9-10H,3-4,7-8,14H2,1-2H3. The Morgan fingerprint density at radius 1 is 1.39 bits per heavy atom. The molecule has 0 radical (unpaired) electrons. The fourth-order valence-electron chi connectivity index (χ4n) is 2.53. The van der Waals surface area contributed by atoms with Crippen molar-refractivity contribution >= 4 is 5.82 Å². The zero-order valence-electron chi connectivity index (χ0n) is 11.0. The van der Waals surface area contributed by atoms with Gasteiger partial charge in [-0.05, 0) is 32.6 Å². The van der Waals surface area contributed by atoms with Crippen LogP contribution >= 0.6 is 0 Å². The number of aromatic nitrogens is 2. The van der Waals surface area contributed by atoms with Crippen LogP contribution in [0.2, 0.25) is 0 Å². The third-order valence-electron chi connectivity index (χ3n) is 3.64. The van der Waals surface area contributed by atoms with Crippen LogP contribution in [0.3, 0.4) is 0 Å². The van der Waals surface area contributed by atoms with E-state index >= 15 is 0 Å². The summed E-state index contributed by atoms with van der Waals surface area (Å²) < 4.78 is 5.55. The Morgan fingerprint density at radius 3 is 2.72 bits per heavy atom. The van der Waals surface area contributed by atoms with E-state index in [0.717, 1.165) is 24.8 Å². The van der Waals surface area contributed by atoms with Gasteiger partial charge in [0.2, 0.25) is 5.88 Å². The molecular weight excluding hydrogens is 228 g/mol. The molecule has 1 saturated carbocycles. The Balaban J connectivity index is 1.66. The number of hydrogen-bond acceptors (Lipinski definition) is 5. The molecule has 0 unspecified atom stereocenters. The van der Waals surface area contributed by atoms with Gasteiger partial charge >= 0.3 is 0 Å². The molecule has 18 heavy (non-hydrogen) atoms. The van der Waals surface area contributed by atoms with E-state index < -0.39 is 0 Å². The van der Waals surface area contributed by atoms with E-state index in [4.69, 9.17) is 10.5 Å². The third kappa shape index (κ3) is 2.14. The van der Waals surface area contributed by atoms with Crippen molar-refractivity contribution in [3.05, 3.63) is 12.4 Å². The van der Waals surface area contributed by atoms with Crippen molar-refractivity contribution in [1.82, 2.24) is 9.97 Å². The number of ether oxygens (including phenoxy) is 1. The molecule has 0 bridgehead atoms. The molecule has 0 spiro atoms. The highest BCUT2D eigenvalue weighted by Gasteiger charge is 2.50. The van der Waals surface area contributed by atoms with Crippen LogP contribution in [0.1, 0.15) is 26.7 Å². The first-order valence-electron chi connectivity index (χ1n) is 6.59. The van der Waals surface area contributed by atoms with Gasteiger partial charge in [0.25, 0.3) is 0 Å². The molecule has 2 N–H and O–H groups in total. The summed E-state index contributed by atoms with van der Waals surface area (Å²) in [4.78, 5) is 10.8. The Hall–Kier alpha value is -1.36. The van der Waals surface area contributed by atoms with Crippen LogP contribution in [0.5, 0.6) is 5.88 Å². The molecule has 0 amide bonds. The van der Waals surface area contributed by atoms with Gasteiger partial charge in [0.05, 0.1) is 24.0 Å². The Labute approximate surface area is 107 Å². The monoisotopic (exact) mass is 248 g/mol. The first-order valence-corrected chi connectivity index (χ1v) is 6.59. The number of rotatable bonds is 4. The summed E-state index contributed by atoms with van der Waals surface area (Å²) in [6, 6.07) is 0. The summed E-state index contributed by atoms with van der Waals surface area (Å²) in [5.74, 6) is 2.18. The van der Waals surface area contributed by atoms with E-state index in [1.165, 1.54) is 12.8 Å². The van der Waals surface area contributed by atoms with Gasteiger partial charge in [-0.15, -0.1) is 0 Å². The summed E-state index contributed by atoms with van der Waals surface area (Å²) in [7, 11) is 0. The van der Waals surface area contributed by atoms with Crippen LogP contribution in [-0.4, -0.2) is 34.7 Å². The molecule has 1 aliphatic carbocycles. The molecule has 2 fully saturated rings. The number of hydrogen-bond donors (Lipinski definition) is 1. The second kappa shape index (κ2) is 4.09. The van der Waals surface area contributed by atoms with Gasteiger partial charge in [0, 0.05) is 13.1 Å². The molecule has 5 nitrogen and oxygen atoms in total. The molecule has 1 aromatic rings. The molecule has 1 aliphatic heterocycles. The predicted molar refractivity (Wildman–Crippen MR) is 69.7 cm³/mol. The van der Waals surface area contributed by atoms with E-state index in [9.17, 15) is 0 Å². The third-order valence-corrected chi connectivity index (χ3v) is 3.64. The van der Waals surface area contributed by atoms with Crippen LogP contribution in [0.15, 0.2) is 12.4 Å². The van der Waals surface area contributed by atoms with E-state index in [-0.39, 0.29) is 11.6 Å². The predicted octanol–water partition coefficient (Wildman–Crippen LogP) is 1.19. The maximum Gasteiger partial charge on any atom is 0.234 e. The molecular formula is C13H20N4O. The summed E-state index contributed by atoms with van der Waals surface area (Å²) in [6.07, 6.45) is 6.12. The average molecular weight is 248 g/mol. The van der Waals surface area contributed by atoms with Crippen molar-refractivity contribution in [2.45, 2.75) is 38.3 Å². The lowest BCUT2D eigenvalue weighted by Crippen LogP contribution is -2.69. The molecule has 2 aliphatic rings. The Morgan fingerprint density at radius 2 is 2.11 bits per heavy atom. The minimum atomic E-state index is 0.0105. The lowest BCUT2D eigenvalue weighted by Gasteiger charge is -2.48. The molecule has 1 aromatic heterocycles. The summed E-state index contributed by atoms with van der Waals surface area (Å²) in [6.45, 7) is 5.74. The van der Waals surface area contributed by atoms with Crippen molar-refractivity contribution in [1.29, 1.82) is 0 Å². The largest absolute Gasteiger partial charge is 0.474 e. The van der Waals surface area contributed by atoms with Gasteiger partial charge < -0.3 is 15.4 Å². The van der Waals surface area contributed by atoms with Gasteiger partial charge in [-0.2, -0.15) is 4.98 Å². The van der Waals surface area contributed by atoms with Crippen LogP contribution < -0.4 is 15.4 Å². The Kier molecular flexibility index (Phi) is 2.66. The van der Waals surface area contributed by atoms with Crippen molar-refractivity contribution in [3.63, 3.8) is 0 Å². The quantitative estimate of drug-likeness (QED) is 0.867. The first kappa shape index (κ1) is 11.7. The maximum absolute atomic E-state index is 6.33. The van der Waals surface area contributed by atoms with E-state index in [0.29, 0.717) is 5.88 Å². The molecule has 3 rings (SSSR count). The second-order valence-electron chi connectivity index (χ2n) is 5.75. The highest BCUT2D eigenvalue weighted by molar-refractivity contribution is 5.44. The van der Waals surface area contributed by atoms with Crippen molar-refractivity contribution in [2.24, 2.45) is 11.7 Å². The van der Waals surface area contributed by atoms with Gasteiger partial charge in [0.15, 0.2) is 5.82 Å². The molecule has 5 heteroatoms. The Bertz CT molecular complexity index is 438. The molecule has 2 heterocycles. The molecule has 0 atom stereocenters. The number of anilines is 1. The maximum atomic E-state index is 6.33. The van der Waals surface area contributed by atoms with Crippen LogP contribution in [0.25, 0.3) is 0 Å². The van der Waals surface area contributed by atoms with Crippen LogP contribution in [0, 0.1) is 5.92 Å². The zero-order valence-corrected chi connectivity index (χ0v) is 11.0. The van der Waals surface area contributed by atoms with E-state index in [2.05, 4.69) is 14.9 Å². The summed E-state index contributed by atoms with van der Waals surface area (Å²) in [5, 5.41) is 0. The summed E-state index contributed by atoms with van der Waals surface area (Å²) in [5.41, 5.74) is 6.34. The van der Waals surface area contributed by atoms with Crippen LogP contribution in [-0.2, 0) is 0 Å². The van der Waals surface area contributed by atoms with Gasteiger partial charge in [-0.3, -0.25) is 4.98 Å². The molecule has 1 saturated heterocycles. The minimum absolute atomic E-state index is 0.0105. The normalized spacial score (nSPS) is 21.9. The first-order chi connectivity index (χ1) is 8.57. The number of nitrogens with two attached hydrogens (primary N) is 1. The molecule has 98 valence electrons. The van der Waals surface area contributed by atoms with E-state index in [1.807, 2.05) is 13.8 Å². The average Bonchev–Trinajstić information content (AvgIpc) is 3.08. The topological polar surface area (TPSA) is 64.3 Å². The molecule has 0 aromatic carbocycles. The van der Waals surface area contributed by atoms with Crippen molar-refractivity contribution in [2.75, 3.05) is 18.0 Å². The fourth-order valence-corrected chi connectivity index (χ4v) is 2.53. The minimum Gasteiger partial charge on any atom is -0.474 e. The lowest BCUT2D eigenvalue weighted by atomic mass is 9.86. The highest BCUT2D eigenvalue weighted by atomic mass is 16.5. The van der Waals surface area contributed by atoms with Crippen molar-refractivity contribution in [3.8, 4) is 5.88 Å².